The van der Waals surface area contributed by atoms with Gasteiger partial charge in [-0.25, -0.2) is 4.39 Å². The summed E-state index contributed by atoms with van der Waals surface area (Å²) in [4.78, 5) is 0. The number of rotatable bonds is 3. The Kier molecular flexibility index (Phi) is 4.78. The average molecular weight is 388 g/mol. The molecular weight excluding hydrogens is 379 g/mol. The number of aliphatic hydroxyl groups is 1. The minimum atomic E-state index is -6.38. The van der Waals surface area contributed by atoms with Crippen molar-refractivity contribution in [1.82, 2.24) is 0 Å². The van der Waals surface area contributed by atoms with E-state index in [2.05, 4.69) is 0 Å². The first-order chi connectivity index (χ1) is 11.7. The van der Waals surface area contributed by atoms with E-state index in [1.54, 1.807) is 0 Å². The topological polar surface area (TPSA) is 20.2 Å². The summed E-state index contributed by atoms with van der Waals surface area (Å²) in [5, 5.41) is 10.3. The largest absolute Gasteiger partial charge is 0.457 e. The minimum absolute atomic E-state index is 0.0773. The molecule has 0 saturated carbocycles. The Hall–Kier alpha value is -2.23. The summed E-state index contributed by atoms with van der Waals surface area (Å²) in [6.07, 6.45) is -11.5. The summed E-state index contributed by atoms with van der Waals surface area (Å²) in [5.41, 5.74) is -8.97. The first-order valence-corrected chi connectivity index (χ1v) is 6.82. The zero-order valence-electron chi connectivity index (χ0n) is 12.5. The highest BCUT2D eigenvalue weighted by molar-refractivity contribution is 5.42. The van der Waals surface area contributed by atoms with Crippen LogP contribution in [0, 0.1) is 5.82 Å². The second kappa shape index (κ2) is 6.19. The normalized spacial score (nSPS) is 15.6. The summed E-state index contributed by atoms with van der Waals surface area (Å²) in [6, 6.07) is 4.07. The summed E-state index contributed by atoms with van der Waals surface area (Å²) in [6.45, 7) is 0. The number of hydrogen-bond acceptors (Lipinski definition) is 1. The smallest absolute Gasteiger partial charge is 0.374 e. The van der Waals surface area contributed by atoms with E-state index in [9.17, 15) is 44.6 Å². The molecule has 0 aliphatic heterocycles. The van der Waals surface area contributed by atoms with Crippen molar-refractivity contribution in [1.29, 1.82) is 0 Å². The van der Waals surface area contributed by atoms with Gasteiger partial charge >= 0.3 is 18.3 Å². The van der Waals surface area contributed by atoms with Crippen LogP contribution in [0.5, 0.6) is 0 Å². The van der Waals surface area contributed by atoms with Gasteiger partial charge in [0.25, 0.3) is 0 Å². The van der Waals surface area contributed by atoms with Gasteiger partial charge in [-0.15, -0.1) is 0 Å². The quantitative estimate of drug-likeness (QED) is 0.710. The van der Waals surface area contributed by atoms with Crippen LogP contribution in [0.25, 0.3) is 0 Å². The number of benzene rings is 2. The van der Waals surface area contributed by atoms with Crippen molar-refractivity contribution in [3.05, 3.63) is 71.0 Å². The summed E-state index contributed by atoms with van der Waals surface area (Å²) >= 11 is 0. The van der Waals surface area contributed by atoms with E-state index in [1.807, 2.05) is 0 Å². The fourth-order valence-corrected chi connectivity index (χ4v) is 2.39. The number of alkyl halides is 8. The molecule has 0 heterocycles. The van der Waals surface area contributed by atoms with Gasteiger partial charge in [-0.3, -0.25) is 0 Å². The molecule has 1 N–H and O–H groups in total. The van der Waals surface area contributed by atoms with E-state index >= 15 is 0 Å². The lowest BCUT2D eigenvalue weighted by Crippen LogP contribution is -2.56. The highest BCUT2D eigenvalue weighted by Gasteiger charge is 2.71. The van der Waals surface area contributed by atoms with E-state index in [4.69, 9.17) is 0 Å². The highest BCUT2D eigenvalue weighted by Crippen LogP contribution is 2.52. The lowest BCUT2D eigenvalue weighted by molar-refractivity contribution is -0.337. The molecule has 2 aromatic rings. The van der Waals surface area contributed by atoms with Crippen molar-refractivity contribution in [2.24, 2.45) is 0 Å². The Bertz CT molecular complexity index is 795. The first kappa shape index (κ1) is 20.1. The molecule has 0 spiro atoms. The predicted octanol–water partition coefficient (Wildman–Crippen LogP) is 5.28. The molecule has 1 atom stereocenters. The highest BCUT2D eigenvalue weighted by atomic mass is 19.4. The third-order valence-electron chi connectivity index (χ3n) is 3.68. The van der Waals surface area contributed by atoms with Crippen LogP contribution in [0.4, 0.5) is 39.5 Å². The van der Waals surface area contributed by atoms with E-state index < -0.39 is 46.4 Å². The monoisotopic (exact) mass is 388 g/mol. The van der Waals surface area contributed by atoms with Crippen molar-refractivity contribution < 1.29 is 44.6 Å². The van der Waals surface area contributed by atoms with Crippen LogP contribution in [0.1, 0.15) is 16.7 Å². The molecule has 0 aromatic heterocycles. The van der Waals surface area contributed by atoms with Gasteiger partial charge in [0.1, 0.15) is 5.82 Å². The zero-order chi connectivity index (χ0) is 20.0. The Balaban J connectivity index is 2.85. The molecule has 0 saturated heterocycles. The predicted molar refractivity (Wildman–Crippen MR) is 71.8 cm³/mol. The van der Waals surface area contributed by atoms with E-state index in [-0.39, 0.29) is 6.07 Å². The molecule has 2 rings (SSSR count). The number of halogens is 9. The molecule has 2 aromatic carbocycles. The molecule has 26 heavy (non-hydrogen) atoms. The van der Waals surface area contributed by atoms with Crippen LogP contribution in [-0.4, -0.2) is 17.2 Å². The maximum absolute atomic E-state index is 14.1. The molecule has 0 bridgehead atoms. The van der Waals surface area contributed by atoms with Gasteiger partial charge < -0.3 is 5.11 Å². The first-order valence-electron chi connectivity index (χ1n) is 6.82. The molecule has 142 valence electrons. The van der Waals surface area contributed by atoms with Crippen molar-refractivity contribution in [2.45, 2.75) is 23.9 Å². The Morgan fingerprint density at radius 1 is 0.692 bits per heavy atom. The molecule has 1 nitrogen and oxygen atoms in total. The lowest BCUT2D eigenvalue weighted by Gasteiger charge is -2.37. The Morgan fingerprint density at radius 2 is 1.23 bits per heavy atom. The van der Waals surface area contributed by atoms with Crippen LogP contribution < -0.4 is 0 Å². The Labute approximate surface area is 140 Å². The molecule has 10 heteroatoms. The second-order valence-electron chi connectivity index (χ2n) is 5.34. The van der Waals surface area contributed by atoms with E-state index in [0.29, 0.717) is 30.3 Å². The Morgan fingerprint density at radius 3 is 1.73 bits per heavy atom. The van der Waals surface area contributed by atoms with Crippen molar-refractivity contribution in [3.63, 3.8) is 0 Å². The van der Waals surface area contributed by atoms with E-state index in [1.165, 1.54) is 0 Å². The van der Waals surface area contributed by atoms with Gasteiger partial charge in [-0.1, -0.05) is 30.3 Å². The SMILES string of the molecule is OC(c1cccc(C(F)(F)F)c1)(c1ccccc1F)C(F)(F)C(F)(F)F. The van der Waals surface area contributed by atoms with Crippen molar-refractivity contribution >= 4 is 0 Å². The third-order valence-corrected chi connectivity index (χ3v) is 3.68. The summed E-state index contributed by atoms with van der Waals surface area (Å²) in [5.74, 6) is -7.64. The lowest BCUT2D eigenvalue weighted by atomic mass is 9.79. The maximum Gasteiger partial charge on any atom is 0.457 e. The number of hydrogen-bond donors (Lipinski definition) is 1. The molecule has 0 aliphatic carbocycles. The zero-order valence-corrected chi connectivity index (χ0v) is 12.5. The fraction of sp³-hybridized carbons (Fsp3) is 0.250. The second-order valence-corrected chi connectivity index (χ2v) is 5.34. The van der Waals surface area contributed by atoms with Crippen LogP contribution in [0.15, 0.2) is 48.5 Å². The van der Waals surface area contributed by atoms with Crippen LogP contribution in [0.3, 0.4) is 0 Å². The van der Waals surface area contributed by atoms with Gasteiger partial charge in [0, 0.05) is 5.56 Å². The molecule has 0 aliphatic rings. The molecule has 0 radical (unpaired) electrons. The van der Waals surface area contributed by atoms with E-state index in [0.717, 1.165) is 12.1 Å². The summed E-state index contributed by atoms with van der Waals surface area (Å²) < 4.78 is 119. The minimum Gasteiger partial charge on any atom is -0.374 e. The van der Waals surface area contributed by atoms with Gasteiger partial charge in [0.15, 0.2) is 5.60 Å². The van der Waals surface area contributed by atoms with Gasteiger partial charge in [0.05, 0.1) is 5.56 Å². The van der Waals surface area contributed by atoms with Crippen molar-refractivity contribution in [3.8, 4) is 0 Å². The van der Waals surface area contributed by atoms with Crippen LogP contribution >= 0.6 is 0 Å². The average Bonchev–Trinajstić information content (AvgIpc) is 2.52. The fourth-order valence-electron chi connectivity index (χ4n) is 2.39. The van der Waals surface area contributed by atoms with Gasteiger partial charge in [0.2, 0.25) is 0 Å². The maximum atomic E-state index is 14.1. The molecular formula is C16H9F9O. The molecule has 0 amide bonds. The van der Waals surface area contributed by atoms with Gasteiger partial charge in [-0.05, 0) is 23.8 Å². The van der Waals surface area contributed by atoms with Crippen LogP contribution in [0.2, 0.25) is 0 Å². The standard InChI is InChI=1S/C16H9F9O/c17-12-7-2-1-6-11(12)13(26,15(21,22)16(23,24)25)9-4-3-5-10(8-9)14(18,19)20/h1-8,26H. The van der Waals surface area contributed by atoms with Crippen LogP contribution in [-0.2, 0) is 11.8 Å². The molecule has 1 unspecified atom stereocenters. The summed E-state index contributed by atoms with van der Waals surface area (Å²) in [7, 11) is 0. The van der Waals surface area contributed by atoms with Crippen molar-refractivity contribution in [2.75, 3.05) is 0 Å². The molecule has 0 fully saturated rings. The van der Waals surface area contributed by atoms with Gasteiger partial charge in [-0.2, -0.15) is 35.1 Å². The third kappa shape index (κ3) is 3.13.